The van der Waals surface area contributed by atoms with E-state index < -0.39 is 35.3 Å². The maximum Gasteiger partial charge on any atom is 0.318 e. The Balaban J connectivity index is 2.54. The lowest BCUT2D eigenvalue weighted by atomic mass is 9.81. The molecule has 0 unspecified atom stereocenters. The van der Waals surface area contributed by atoms with Crippen molar-refractivity contribution < 1.29 is 28.7 Å². The van der Waals surface area contributed by atoms with E-state index in [1.807, 2.05) is 0 Å². The van der Waals surface area contributed by atoms with Crippen LogP contribution in [0.2, 0.25) is 0 Å². The van der Waals surface area contributed by atoms with Gasteiger partial charge in [0.1, 0.15) is 11.8 Å². The van der Waals surface area contributed by atoms with Gasteiger partial charge in [0.15, 0.2) is 11.6 Å². The third-order valence-electron chi connectivity index (χ3n) is 3.87. The Morgan fingerprint density at radius 2 is 1.18 bits per heavy atom. The van der Waals surface area contributed by atoms with Crippen LogP contribution >= 0.6 is 0 Å². The van der Waals surface area contributed by atoms with Crippen molar-refractivity contribution in [2.45, 2.75) is 13.8 Å². The minimum atomic E-state index is -1.70. The number of pyridine rings is 2. The third-order valence-corrected chi connectivity index (χ3v) is 3.87. The molecule has 0 bridgehead atoms. The van der Waals surface area contributed by atoms with Crippen LogP contribution in [0.5, 0.6) is 0 Å². The Morgan fingerprint density at radius 3 is 1.46 bits per heavy atom. The van der Waals surface area contributed by atoms with E-state index in [9.17, 15) is 19.2 Å². The number of aromatic nitrogens is 2. The van der Waals surface area contributed by atoms with Gasteiger partial charge in [0, 0.05) is 35.9 Å². The van der Waals surface area contributed by atoms with Crippen molar-refractivity contribution in [1.29, 1.82) is 0 Å². The third kappa shape index (κ3) is 4.85. The van der Waals surface area contributed by atoms with E-state index in [2.05, 4.69) is 9.97 Å². The monoisotopic (exact) mass is 384 g/mol. The molecule has 8 nitrogen and oxygen atoms in total. The van der Waals surface area contributed by atoms with Gasteiger partial charge >= 0.3 is 11.9 Å². The summed E-state index contributed by atoms with van der Waals surface area (Å²) in [6.07, 6.45) is 5.43. The van der Waals surface area contributed by atoms with E-state index in [1.54, 1.807) is 13.8 Å². The second kappa shape index (κ2) is 10.1. The standard InChI is InChI=1S/C20H20N2O6/c1-3-27-19(25)15(17(23)13-7-5-9-21-11-13)16(20(26)28-4-2)18(24)14-8-6-10-22-12-14/h5-12,15-16H,3-4H2,1-2H3/t15-,16-/m1/s1. The SMILES string of the molecule is CCOC(=O)[C@@H](C(=O)c1cccnc1)[C@@H](C(=O)OCC)C(=O)c1cccnc1. The predicted molar refractivity (Wildman–Crippen MR) is 97.4 cm³/mol. The molecular weight excluding hydrogens is 364 g/mol. The second-order valence-electron chi connectivity index (χ2n) is 5.67. The van der Waals surface area contributed by atoms with Gasteiger partial charge in [0.05, 0.1) is 13.2 Å². The fraction of sp³-hybridized carbons (Fsp3) is 0.300. The molecule has 0 aliphatic carbocycles. The van der Waals surface area contributed by atoms with Gasteiger partial charge in [0.2, 0.25) is 0 Å². The molecule has 0 aliphatic heterocycles. The molecule has 0 fully saturated rings. The number of carbonyl (C=O) groups is 4. The predicted octanol–water partition coefficient (Wildman–Crippen LogP) is 1.90. The zero-order chi connectivity index (χ0) is 20.5. The van der Waals surface area contributed by atoms with Gasteiger partial charge in [-0.25, -0.2) is 0 Å². The Hall–Kier alpha value is -3.42. The van der Waals surface area contributed by atoms with E-state index >= 15 is 0 Å². The summed E-state index contributed by atoms with van der Waals surface area (Å²) in [5.74, 6) is -6.85. The lowest BCUT2D eigenvalue weighted by Crippen LogP contribution is -2.42. The first-order chi connectivity index (χ1) is 13.5. The van der Waals surface area contributed by atoms with Crippen molar-refractivity contribution in [2.24, 2.45) is 11.8 Å². The van der Waals surface area contributed by atoms with Gasteiger partial charge in [-0.3, -0.25) is 29.1 Å². The van der Waals surface area contributed by atoms with Gasteiger partial charge in [-0.15, -0.1) is 0 Å². The van der Waals surface area contributed by atoms with Gasteiger partial charge < -0.3 is 9.47 Å². The first kappa shape index (κ1) is 20.9. The molecule has 2 heterocycles. The largest absolute Gasteiger partial charge is 0.465 e. The number of esters is 2. The molecule has 0 aromatic carbocycles. The molecule has 0 saturated heterocycles. The number of nitrogens with zero attached hydrogens (tertiary/aromatic N) is 2. The van der Waals surface area contributed by atoms with Crippen LogP contribution in [0, 0.1) is 11.8 Å². The molecule has 0 aliphatic rings. The zero-order valence-corrected chi connectivity index (χ0v) is 15.5. The van der Waals surface area contributed by atoms with Gasteiger partial charge in [-0.05, 0) is 38.1 Å². The number of Topliss-reactive ketones (excluding diaryl/α,β-unsaturated/α-hetero) is 2. The Bertz CT molecular complexity index is 767. The van der Waals surface area contributed by atoms with E-state index in [0.29, 0.717) is 0 Å². The van der Waals surface area contributed by atoms with Crippen LogP contribution in [0.15, 0.2) is 49.1 Å². The highest BCUT2D eigenvalue weighted by Crippen LogP contribution is 2.25. The molecule has 0 spiro atoms. The number of rotatable bonds is 9. The maximum atomic E-state index is 13.0. The molecule has 0 radical (unpaired) electrons. The van der Waals surface area contributed by atoms with E-state index in [1.165, 1.54) is 49.1 Å². The molecule has 8 heteroatoms. The molecule has 2 aromatic rings. The van der Waals surface area contributed by atoms with Crippen LogP contribution in [0.1, 0.15) is 34.6 Å². The molecule has 2 rings (SSSR count). The number of hydrogen-bond donors (Lipinski definition) is 0. The summed E-state index contributed by atoms with van der Waals surface area (Å²) < 4.78 is 9.97. The quantitative estimate of drug-likeness (QED) is 0.366. The molecule has 0 amide bonds. The zero-order valence-electron chi connectivity index (χ0n) is 15.5. The highest BCUT2D eigenvalue weighted by molar-refractivity contribution is 6.19. The van der Waals surface area contributed by atoms with Gasteiger partial charge in [-0.2, -0.15) is 0 Å². The molecule has 2 atom stereocenters. The maximum absolute atomic E-state index is 13.0. The average molecular weight is 384 g/mol. The van der Waals surface area contributed by atoms with Crippen molar-refractivity contribution in [3.8, 4) is 0 Å². The summed E-state index contributed by atoms with van der Waals surface area (Å²) >= 11 is 0. The molecule has 146 valence electrons. The van der Waals surface area contributed by atoms with Crippen LogP contribution in [-0.2, 0) is 19.1 Å². The lowest BCUT2D eigenvalue weighted by Gasteiger charge is -2.22. The smallest absolute Gasteiger partial charge is 0.318 e. The number of hydrogen-bond acceptors (Lipinski definition) is 8. The van der Waals surface area contributed by atoms with Gasteiger partial charge in [0.25, 0.3) is 0 Å². The van der Waals surface area contributed by atoms with Gasteiger partial charge in [-0.1, -0.05) is 0 Å². The number of ether oxygens (including phenoxy) is 2. The normalized spacial score (nSPS) is 12.5. The molecule has 0 saturated carbocycles. The molecule has 28 heavy (non-hydrogen) atoms. The summed E-state index contributed by atoms with van der Waals surface area (Å²) in [7, 11) is 0. The van der Waals surface area contributed by atoms with Crippen molar-refractivity contribution >= 4 is 23.5 Å². The summed E-state index contributed by atoms with van der Waals surface area (Å²) in [6.45, 7) is 3.08. The molecule has 0 N–H and O–H groups in total. The number of ketones is 2. The molecular formula is C20H20N2O6. The van der Waals surface area contributed by atoms with Crippen molar-refractivity contribution in [2.75, 3.05) is 13.2 Å². The van der Waals surface area contributed by atoms with Crippen LogP contribution < -0.4 is 0 Å². The number of carbonyl (C=O) groups excluding carboxylic acids is 4. The summed E-state index contributed by atoms with van der Waals surface area (Å²) in [5, 5.41) is 0. The van der Waals surface area contributed by atoms with Crippen molar-refractivity contribution in [1.82, 2.24) is 9.97 Å². The highest BCUT2D eigenvalue weighted by Gasteiger charge is 2.46. The van der Waals surface area contributed by atoms with Crippen LogP contribution in [0.3, 0.4) is 0 Å². The van der Waals surface area contributed by atoms with Crippen molar-refractivity contribution in [3.05, 3.63) is 60.2 Å². The minimum Gasteiger partial charge on any atom is -0.465 e. The Kier molecular flexibility index (Phi) is 7.50. The van der Waals surface area contributed by atoms with E-state index in [4.69, 9.17) is 9.47 Å². The van der Waals surface area contributed by atoms with Crippen LogP contribution in [-0.4, -0.2) is 46.7 Å². The van der Waals surface area contributed by atoms with Crippen molar-refractivity contribution in [3.63, 3.8) is 0 Å². The topological polar surface area (TPSA) is 113 Å². The lowest BCUT2D eigenvalue weighted by molar-refractivity contribution is -0.156. The summed E-state index contributed by atoms with van der Waals surface area (Å²) in [5.41, 5.74) is 0.155. The average Bonchev–Trinajstić information content (AvgIpc) is 2.72. The minimum absolute atomic E-state index is 0.0215. The second-order valence-corrected chi connectivity index (χ2v) is 5.67. The fourth-order valence-corrected chi connectivity index (χ4v) is 2.63. The summed E-state index contributed by atoms with van der Waals surface area (Å²) in [6, 6.07) is 5.91. The fourth-order valence-electron chi connectivity index (χ4n) is 2.63. The Labute approximate surface area is 161 Å². The first-order valence-electron chi connectivity index (χ1n) is 8.73. The highest BCUT2D eigenvalue weighted by atomic mass is 16.5. The van der Waals surface area contributed by atoms with E-state index in [0.717, 1.165) is 0 Å². The first-order valence-corrected chi connectivity index (χ1v) is 8.73. The van der Waals surface area contributed by atoms with Crippen LogP contribution in [0.25, 0.3) is 0 Å². The summed E-state index contributed by atoms with van der Waals surface area (Å²) in [4.78, 5) is 59.0. The van der Waals surface area contributed by atoms with E-state index in [-0.39, 0.29) is 24.3 Å². The van der Waals surface area contributed by atoms with Crippen LogP contribution in [0.4, 0.5) is 0 Å². The molecule has 2 aromatic heterocycles. The Morgan fingerprint density at radius 1 is 0.786 bits per heavy atom.